The molecule has 0 atom stereocenters. The summed E-state index contributed by atoms with van der Waals surface area (Å²) in [5, 5.41) is 3.82. The number of hydrazone groups is 1. The Morgan fingerprint density at radius 3 is 2.45 bits per heavy atom. The standard InChI is InChI=1S/C16H18N2O3S/c1-3-21-15-8-10-16(11-9-15)22(19,20)18-17-12-14-7-5-4-6-13(14)2/h4-12,18H,3H2,1-2H3. The Kier molecular flexibility index (Phi) is 5.16. The highest BCUT2D eigenvalue weighted by Gasteiger charge is 2.12. The normalized spacial score (nSPS) is 11.5. The van der Waals surface area contributed by atoms with Crippen LogP contribution in [0.25, 0.3) is 0 Å². The summed E-state index contributed by atoms with van der Waals surface area (Å²) in [5.74, 6) is 0.630. The summed E-state index contributed by atoms with van der Waals surface area (Å²) in [7, 11) is -3.68. The summed E-state index contributed by atoms with van der Waals surface area (Å²) in [6, 6.07) is 13.8. The largest absolute Gasteiger partial charge is 0.494 e. The molecule has 5 nitrogen and oxygen atoms in total. The molecule has 1 N–H and O–H groups in total. The minimum Gasteiger partial charge on any atom is -0.494 e. The SMILES string of the molecule is CCOc1ccc(S(=O)(=O)NN=Cc2ccccc2C)cc1. The molecule has 2 aromatic rings. The summed E-state index contributed by atoms with van der Waals surface area (Å²) in [5.41, 5.74) is 1.88. The molecule has 0 radical (unpaired) electrons. The van der Waals surface area contributed by atoms with Crippen molar-refractivity contribution < 1.29 is 13.2 Å². The molecule has 2 rings (SSSR count). The van der Waals surface area contributed by atoms with Crippen molar-refractivity contribution in [3.8, 4) is 5.75 Å². The van der Waals surface area contributed by atoms with Gasteiger partial charge in [0.2, 0.25) is 0 Å². The van der Waals surface area contributed by atoms with E-state index in [0.717, 1.165) is 11.1 Å². The fraction of sp³-hybridized carbons (Fsp3) is 0.188. The van der Waals surface area contributed by atoms with E-state index in [9.17, 15) is 8.42 Å². The first-order chi connectivity index (χ1) is 10.5. The number of nitrogens with zero attached hydrogens (tertiary/aromatic N) is 1. The van der Waals surface area contributed by atoms with Gasteiger partial charge >= 0.3 is 0 Å². The van der Waals surface area contributed by atoms with Crippen LogP contribution in [-0.4, -0.2) is 21.2 Å². The maximum Gasteiger partial charge on any atom is 0.276 e. The van der Waals surface area contributed by atoms with Crippen LogP contribution in [0.2, 0.25) is 0 Å². The molecule has 0 bridgehead atoms. The molecule has 0 spiro atoms. The maximum atomic E-state index is 12.1. The van der Waals surface area contributed by atoms with Crippen molar-refractivity contribution in [1.29, 1.82) is 0 Å². The number of nitrogens with one attached hydrogen (secondary N) is 1. The van der Waals surface area contributed by atoms with E-state index in [-0.39, 0.29) is 4.90 Å². The molecule has 0 heterocycles. The number of hydrogen-bond donors (Lipinski definition) is 1. The van der Waals surface area contributed by atoms with Gasteiger partial charge in [-0.3, -0.25) is 0 Å². The van der Waals surface area contributed by atoms with Crippen LogP contribution in [0, 0.1) is 6.92 Å². The Hall–Kier alpha value is -2.34. The third-order valence-corrected chi connectivity index (χ3v) is 4.25. The van der Waals surface area contributed by atoms with Gasteiger partial charge in [-0.15, -0.1) is 0 Å². The van der Waals surface area contributed by atoms with Crippen molar-refractivity contribution in [2.24, 2.45) is 5.10 Å². The van der Waals surface area contributed by atoms with E-state index in [0.29, 0.717) is 12.4 Å². The average molecular weight is 318 g/mol. The zero-order valence-electron chi connectivity index (χ0n) is 12.5. The number of ether oxygens (including phenoxy) is 1. The first-order valence-electron chi connectivity index (χ1n) is 6.86. The van der Waals surface area contributed by atoms with Crippen molar-refractivity contribution in [2.75, 3.05) is 6.61 Å². The Morgan fingerprint density at radius 1 is 1.14 bits per heavy atom. The minimum atomic E-state index is -3.68. The maximum absolute atomic E-state index is 12.1. The van der Waals surface area contributed by atoms with Crippen LogP contribution in [0.4, 0.5) is 0 Å². The molecule has 0 amide bonds. The van der Waals surface area contributed by atoms with Crippen molar-refractivity contribution in [3.05, 3.63) is 59.7 Å². The van der Waals surface area contributed by atoms with Gasteiger partial charge in [0.15, 0.2) is 0 Å². The molecule has 2 aromatic carbocycles. The fourth-order valence-electron chi connectivity index (χ4n) is 1.83. The molecule has 0 aliphatic carbocycles. The average Bonchev–Trinajstić information content (AvgIpc) is 2.50. The molecule has 116 valence electrons. The van der Waals surface area contributed by atoms with Gasteiger partial charge in [0.1, 0.15) is 5.75 Å². The lowest BCUT2D eigenvalue weighted by Gasteiger charge is -2.06. The van der Waals surface area contributed by atoms with Crippen LogP contribution in [-0.2, 0) is 10.0 Å². The summed E-state index contributed by atoms with van der Waals surface area (Å²) in [6.07, 6.45) is 1.49. The molecular weight excluding hydrogens is 300 g/mol. The third-order valence-electron chi connectivity index (χ3n) is 3.01. The van der Waals surface area contributed by atoms with Crippen LogP contribution in [0.1, 0.15) is 18.1 Å². The van der Waals surface area contributed by atoms with Crippen LogP contribution < -0.4 is 9.57 Å². The molecule has 0 unspecified atom stereocenters. The first kappa shape index (κ1) is 16.0. The summed E-state index contributed by atoms with van der Waals surface area (Å²) >= 11 is 0. The van der Waals surface area contributed by atoms with E-state index < -0.39 is 10.0 Å². The van der Waals surface area contributed by atoms with E-state index in [1.165, 1.54) is 18.3 Å². The van der Waals surface area contributed by atoms with Crippen molar-refractivity contribution >= 4 is 16.2 Å². The molecule has 0 fully saturated rings. The van der Waals surface area contributed by atoms with E-state index in [4.69, 9.17) is 4.74 Å². The Balaban J connectivity index is 2.09. The number of hydrogen-bond acceptors (Lipinski definition) is 4. The van der Waals surface area contributed by atoms with Gasteiger partial charge in [-0.1, -0.05) is 24.3 Å². The molecule has 22 heavy (non-hydrogen) atoms. The lowest BCUT2D eigenvalue weighted by Crippen LogP contribution is -2.18. The second kappa shape index (κ2) is 7.09. The smallest absolute Gasteiger partial charge is 0.276 e. The van der Waals surface area contributed by atoms with Gasteiger partial charge < -0.3 is 4.74 Å². The molecule has 0 aliphatic heterocycles. The van der Waals surface area contributed by atoms with E-state index in [1.807, 2.05) is 38.1 Å². The lowest BCUT2D eigenvalue weighted by atomic mass is 10.1. The summed E-state index contributed by atoms with van der Waals surface area (Å²) in [4.78, 5) is 2.34. The highest BCUT2D eigenvalue weighted by Crippen LogP contribution is 2.15. The van der Waals surface area contributed by atoms with E-state index in [2.05, 4.69) is 9.93 Å². The predicted molar refractivity (Wildman–Crippen MR) is 86.7 cm³/mol. The van der Waals surface area contributed by atoms with Crippen LogP contribution >= 0.6 is 0 Å². The van der Waals surface area contributed by atoms with Gasteiger partial charge in [-0.05, 0) is 49.2 Å². The minimum absolute atomic E-state index is 0.137. The van der Waals surface area contributed by atoms with E-state index in [1.54, 1.807) is 12.1 Å². The second-order valence-electron chi connectivity index (χ2n) is 4.61. The van der Waals surface area contributed by atoms with Gasteiger partial charge in [-0.2, -0.15) is 13.5 Å². The molecule has 6 heteroatoms. The van der Waals surface area contributed by atoms with Crippen molar-refractivity contribution in [3.63, 3.8) is 0 Å². The second-order valence-corrected chi connectivity index (χ2v) is 6.27. The molecule has 0 aliphatic rings. The van der Waals surface area contributed by atoms with Gasteiger partial charge in [0.05, 0.1) is 17.7 Å². The van der Waals surface area contributed by atoms with Crippen LogP contribution in [0.5, 0.6) is 5.75 Å². The van der Waals surface area contributed by atoms with E-state index >= 15 is 0 Å². The zero-order chi connectivity index (χ0) is 16.0. The molecule has 0 saturated heterocycles. The Morgan fingerprint density at radius 2 is 1.82 bits per heavy atom. The quantitative estimate of drug-likeness (QED) is 0.658. The first-order valence-corrected chi connectivity index (χ1v) is 8.34. The Bertz CT molecular complexity index is 753. The van der Waals surface area contributed by atoms with Crippen molar-refractivity contribution in [2.45, 2.75) is 18.7 Å². The highest BCUT2D eigenvalue weighted by atomic mass is 32.2. The highest BCUT2D eigenvalue weighted by molar-refractivity contribution is 7.89. The molecule has 0 aromatic heterocycles. The van der Waals surface area contributed by atoms with Gasteiger partial charge in [0.25, 0.3) is 10.0 Å². The topological polar surface area (TPSA) is 67.8 Å². The third kappa shape index (κ3) is 4.08. The Labute approximate surface area is 130 Å². The molecule has 0 saturated carbocycles. The lowest BCUT2D eigenvalue weighted by molar-refractivity contribution is 0.340. The zero-order valence-corrected chi connectivity index (χ0v) is 13.3. The molecular formula is C16H18N2O3S. The number of benzene rings is 2. The van der Waals surface area contributed by atoms with Gasteiger partial charge in [0, 0.05) is 0 Å². The number of rotatable bonds is 6. The monoisotopic (exact) mass is 318 g/mol. The number of sulfonamides is 1. The van der Waals surface area contributed by atoms with Gasteiger partial charge in [-0.25, -0.2) is 4.83 Å². The van der Waals surface area contributed by atoms with Crippen LogP contribution in [0.3, 0.4) is 0 Å². The summed E-state index contributed by atoms with van der Waals surface area (Å²) < 4.78 is 29.5. The predicted octanol–water partition coefficient (Wildman–Crippen LogP) is 2.71. The van der Waals surface area contributed by atoms with Crippen LogP contribution in [0.15, 0.2) is 58.5 Å². The summed E-state index contributed by atoms with van der Waals surface area (Å²) in [6.45, 7) is 4.33. The fourth-order valence-corrected chi connectivity index (χ4v) is 2.62. The van der Waals surface area contributed by atoms with Crippen molar-refractivity contribution in [1.82, 2.24) is 4.83 Å². The number of aryl methyl sites for hydroxylation is 1.